The first kappa shape index (κ1) is 13.3. The molecule has 0 bridgehead atoms. The van der Waals surface area contributed by atoms with Crippen molar-refractivity contribution < 1.29 is 4.74 Å². The van der Waals surface area contributed by atoms with E-state index >= 15 is 0 Å². The molecule has 0 radical (unpaired) electrons. The monoisotopic (exact) mass is 240 g/mol. The van der Waals surface area contributed by atoms with Crippen LogP contribution in [0, 0.1) is 11.3 Å². The summed E-state index contributed by atoms with van der Waals surface area (Å²) in [4.78, 5) is 2.65. The van der Waals surface area contributed by atoms with Crippen LogP contribution in [0.25, 0.3) is 0 Å². The van der Waals surface area contributed by atoms with Gasteiger partial charge in [-0.25, -0.2) is 0 Å². The van der Waals surface area contributed by atoms with Gasteiger partial charge in [-0.3, -0.25) is 4.90 Å². The van der Waals surface area contributed by atoms with Crippen LogP contribution in [-0.4, -0.2) is 43.8 Å². The highest BCUT2D eigenvalue weighted by molar-refractivity contribution is 4.89. The predicted molar refractivity (Wildman–Crippen MR) is 71.0 cm³/mol. The van der Waals surface area contributed by atoms with E-state index in [4.69, 9.17) is 10.5 Å². The molecule has 2 fully saturated rings. The third kappa shape index (κ3) is 3.21. The Balaban J connectivity index is 1.96. The molecule has 3 atom stereocenters. The minimum atomic E-state index is 0.226. The van der Waals surface area contributed by atoms with Gasteiger partial charge in [-0.05, 0) is 38.5 Å². The number of nitrogens with two attached hydrogens (primary N) is 1. The van der Waals surface area contributed by atoms with Crippen LogP contribution in [0.3, 0.4) is 0 Å². The summed E-state index contributed by atoms with van der Waals surface area (Å²) in [5.74, 6) is 0.838. The SMILES string of the molecule is CC1CCC(C)N(CC2(CN)CCCOC2)C1. The van der Waals surface area contributed by atoms with Crippen LogP contribution in [0.15, 0.2) is 0 Å². The molecule has 2 heterocycles. The maximum absolute atomic E-state index is 6.03. The highest BCUT2D eigenvalue weighted by Gasteiger charge is 2.36. The molecule has 2 N–H and O–H groups in total. The van der Waals surface area contributed by atoms with E-state index in [-0.39, 0.29) is 5.41 Å². The molecular weight excluding hydrogens is 212 g/mol. The van der Waals surface area contributed by atoms with Crippen LogP contribution >= 0.6 is 0 Å². The number of rotatable bonds is 3. The molecular formula is C14H28N2O. The smallest absolute Gasteiger partial charge is 0.0546 e. The lowest BCUT2D eigenvalue weighted by Gasteiger charge is -2.45. The Morgan fingerprint density at radius 2 is 2.18 bits per heavy atom. The Hall–Kier alpha value is -0.120. The van der Waals surface area contributed by atoms with Gasteiger partial charge < -0.3 is 10.5 Å². The highest BCUT2D eigenvalue weighted by atomic mass is 16.5. The molecule has 0 aromatic carbocycles. The molecule has 17 heavy (non-hydrogen) atoms. The minimum Gasteiger partial charge on any atom is -0.381 e. The first-order valence-electron chi connectivity index (χ1n) is 7.17. The van der Waals surface area contributed by atoms with E-state index in [1.807, 2.05) is 0 Å². The van der Waals surface area contributed by atoms with E-state index < -0.39 is 0 Å². The summed E-state index contributed by atoms with van der Waals surface area (Å²) < 4.78 is 5.67. The number of ether oxygens (including phenoxy) is 1. The zero-order valence-corrected chi connectivity index (χ0v) is 11.5. The molecule has 0 saturated carbocycles. The average molecular weight is 240 g/mol. The molecule has 3 unspecified atom stereocenters. The molecule has 0 aromatic rings. The topological polar surface area (TPSA) is 38.5 Å². The summed E-state index contributed by atoms with van der Waals surface area (Å²) in [5, 5.41) is 0. The van der Waals surface area contributed by atoms with Gasteiger partial charge in [0.15, 0.2) is 0 Å². The molecule has 2 aliphatic rings. The molecule has 0 aliphatic carbocycles. The van der Waals surface area contributed by atoms with Crippen LogP contribution in [-0.2, 0) is 4.74 Å². The van der Waals surface area contributed by atoms with Gasteiger partial charge in [-0.15, -0.1) is 0 Å². The van der Waals surface area contributed by atoms with Gasteiger partial charge in [0, 0.05) is 37.7 Å². The number of likely N-dealkylation sites (tertiary alicyclic amines) is 1. The second kappa shape index (κ2) is 5.68. The molecule has 2 rings (SSSR count). The summed E-state index contributed by atoms with van der Waals surface area (Å²) in [7, 11) is 0. The Morgan fingerprint density at radius 3 is 2.82 bits per heavy atom. The van der Waals surface area contributed by atoms with Gasteiger partial charge in [-0.1, -0.05) is 6.92 Å². The van der Waals surface area contributed by atoms with Crippen molar-refractivity contribution in [3.05, 3.63) is 0 Å². The standard InChI is InChI=1S/C14H28N2O/c1-12-4-5-13(2)16(8-12)10-14(9-15)6-3-7-17-11-14/h12-13H,3-11,15H2,1-2H3. The summed E-state index contributed by atoms with van der Waals surface area (Å²) >= 11 is 0. The zero-order valence-electron chi connectivity index (χ0n) is 11.5. The van der Waals surface area contributed by atoms with Gasteiger partial charge in [-0.2, -0.15) is 0 Å². The van der Waals surface area contributed by atoms with Gasteiger partial charge in [0.1, 0.15) is 0 Å². The molecule has 0 spiro atoms. The molecule has 2 aliphatic heterocycles. The Labute approximate surface area is 106 Å². The van der Waals surface area contributed by atoms with E-state index in [0.29, 0.717) is 0 Å². The van der Waals surface area contributed by atoms with Crippen LogP contribution < -0.4 is 5.73 Å². The maximum atomic E-state index is 6.03. The normalized spacial score (nSPS) is 40.4. The lowest BCUT2D eigenvalue weighted by atomic mass is 9.80. The molecule has 3 heteroatoms. The lowest BCUT2D eigenvalue weighted by molar-refractivity contribution is -0.0359. The van der Waals surface area contributed by atoms with Crippen molar-refractivity contribution in [1.29, 1.82) is 0 Å². The van der Waals surface area contributed by atoms with Crippen LogP contribution in [0.1, 0.15) is 39.5 Å². The first-order valence-corrected chi connectivity index (χ1v) is 7.17. The van der Waals surface area contributed by atoms with Gasteiger partial charge in [0.05, 0.1) is 6.61 Å². The van der Waals surface area contributed by atoms with E-state index in [9.17, 15) is 0 Å². The van der Waals surface area contributed by atoms with Crippen molar-refractivity contribution in [3.63, 3.8) is 0 Å². The van der Waals surface area contributed by atoms with Gasteiger partial charge in [0.2, 0.25) is 0 Å². The second-order valence-electron chi connectivity index (χ2n) is 6.32. The second-order valence-corrected chi connectivity index (χ2v) is 6.32. The fraction of sp³-hybridized carbons (Fsp3) is 1.00. The third-order valence-electron chi connectivity index (χ3n) is 4.62. The molecule has 0 aromatic heterocycles. The van der Waals surface area contributed by atoms with Crippen molar-refractivity contribution in [2.75, 3.05) is 32.8 Å². The van der Waals surface area contributed by atoms with Crippen LogP contribution in [0.4, 0.5) is 0 Å². The first-order chi connectivity index (χ1) is 8.15. The Kier molecular flexibility index (Phi) is 4.45. The fourth-order valence-corrected chi connectivity index (χ4v) is 3.29. The Morgan fingerprint density at radius 1 is 1.35 bits per heavy atom. The zero-order chi connectivity index (χ0) is 12.3. The number of piperidine rings is 1. The van der Waals surface area contributed by atoms with Crippen molar-refractivity contribution in [3.8, 4) is 0 Å². The average Bonchev–Trinajstić information content (AvgIpc) is 2.35. The van der Waals surface area contributed by atoms with Crippen molar-refractivity contribution in [2.24, 2.45) is 17.1 Å². The van der Waals surface area contributed by atoms with Crippen molar-refractivity contribution >= 4 is 0 Å². The van der Waals surface area contributed by atoms with Gasteiger partial charge >= 0.3 is 0 Å². The largest absolute Gasteiger partial charge is 0.381 e. The van der Waals surface area contributed by atoms with Crippen LogP contribution in [0.5, 0.6) is 0 Å². The fourth-order valence-electron chi connectivity index (χ4n) is 3.29. The maximum Gasteiger partial charge on any atom is 0.0546 e. The van der Waals surface area contributed by atoms with Crippen LogP contribution in [0.2, 0.25) is 0 Å². The minimum absolute atomic E-state index is 0.226. The molecule has 0 amide bonds. The van der Waals surface area contributed by atoms with Gasteiger partial charge in [0.25, 0.3) is 0 Å². The molecule has 100 valence electrons. The number of nitrogens with zero attached hydrogens (tertiary/aromatic N) is 1. The summed E-state index contributed by atoms with van der Waals surface area (Å²) in [6.07, 6.45) is 5.13. The quantitative estimate of drug-likeness (QED) is 0.818. The molecule has 3 nitrogen and oxygen atoms in total. The molecule has 2 saturated heterocycles. The predicted octanol–water partition coefficient (Wildman–Crippen LogP) is 1.86. The van der Waals surface area contributed by atoms with Crippen molar-refractivity contribution in [1.82, 2.24) is 4.90 Å². The summed E-state index contributed by atoms with van der Waals surface area (Å²) in [6.45, 7) is 9.66. The number of hydrogen-bond donors (Lipinski definition) is 1. The van der Waals surface area contributed by atoms with E-state index in [0.717, 1.165) is 38.3 Å². The lowest BCUT2D eigenvalue weighted by Crippen LogP contribution is -2.52. The van der Waals surface area contributed by atoms with E-state index in [1.54, 1.807) is 0 Å². The third-order valence-corrected chi connectivity index (χ3v) is 4.62. The van der Waals surface area contributed by atoms with Crippen molar-refractivity contribution in [2.45, 2.75) is 45.6 Å². The summed E-state index contributed by atoms with van der Waals surface area (Å²) in [5.41, 5.74) is 6.25. The van der Waals surface area contributed by atoms with E-state index in [1.165, 1.54) is 32.2 Å². The number of hydrogen-bond acceptors (Lipinski definition) is 3. The highest BCUT2D eigenvalue weighted by Crippen LogP contribution is 2.32. The Bertz CT molecular complexity index is 238. The van der Waals surface area contributed by atoms with E-state index in [2.05, 4.69) is 18.7 Å². The summed E-state index contributed by atoms with van der Waals surface area (Å²) in [6, 6.07) is 0.719.